The van der Waals surface area contributed by atoms with E-state index in [-0.39, 0.29) is 6.67 Å². The van der Waals surface area contributed by atoms with Crippen LogP contribution in [0.3, 0.4) is 0 Å². The van der Waals surface area contributed by atoms with Gasteiger partial charge in [-0.25, -0.2) is 4.36 Å². The molecule has 0 aliphatic heterocycles. The topological polar surface area (TPSA) is 61.1 Å². The molecule has 6 heavy (non-hydrogen) atoms. The highest BCUT2D eigenvalue weighted by molar-refractivity contribution is 7.47. The number of azide groups is 1. The first-order valence-corrected chi connectivity index (χ1v) is 1.58. The van der Waals surface area contributed by atoms with Gasteiger partial charge in [0.15, 0.2) is 0 Å². The summed E-state index contributed by atoms with van der Waals surface area (Å²) >= 11 is 4.08. The van der Waals surface area contributed by atoms with Crippen molar-refractivity contribution < 1.29 is 0 Å². The van der Waals surface area contributed by atoms with Gasteiger partial charge in [0.25, 0.3) is 0 Å². The summed E-state index contributed by atoms with van der Waals surface area (Å²) in [6.07, 6.45) is 0. The van der Waals surface area contributed by atoms with E-state index < -0.39 is 0 Å². The minimum absolute atomic E-state index is 0.0613. The monoisotopic (exact) mass is 102 g/mol. The Morgan fingerprint density at radius 1 is 1.83 bits per heavy atom. The Bertz CT molecular complexity index is 81.5. The van der Waals surface area contributed by atoms with Crippen LogP contribution in [0.1, 0.15) is 0 Å². The minimum atomic E-state index is 0.0613. The molecule has 0 spiro atoms. The molecule has 0 aromatic carbocycles. The highest BCUT2D eigenvalue weighted by Gasteiger charge is 1.59. The van der Waals surface area contributed by atoms with Crippen molar-refractivity contribution in [2.24, 2.45) is 9.48 Å². The molecule has 0 aromatic rings. The maximum Gasteiger partial charge on any atom is 0.131 e. The predicted octanol–water partition coefficient (Wildman–Crippen LogP) is 0.985. The van der Waals surface area contributed by atoms with Crippen molar-refractivity contribution >= 4 is 12.4 Å². The van der Waals surface area contributed by atoms with Gasteiger partial charge < -0.3 is 0 Å². The summed E-state index contributed by atoms with van der Waals surface area (Å²) < 4.78 is 3.09. The third kappa shape index (κ3) is 3.33. The van der Waals surface area contributed by atoms with E-state index in [1.807, 2.05) is 0 Å². The SMILES string of the molecule is [N-]=[N+]=NCN=S. The Morgan fingerprint density at radius 3 is 2.67 bits per heavy atom. The first-order chi connectivity index (χ1) is 2.91. The van der Waals surface area contributed by atoms with Crippen molar-refractivity contribution in [2.75, 3.05) is 6.67 Å². The fraction of sp³-hybridized carbons (Fsp3) is 1.00. The van der Waals surface area contributed by atoms with E-state index in [4.69, 9.17) is 5.53 Å². The van der Waals surface area contributed by atoms with Gasteiger partial charge in [0, 0.05) is 17.3 Å². The van der Waals surface area contributed by atoms with Crippen molar-refractivity contribution in [3.05, 3.63) is 10.4 Å². The van der Waals surface area contributed by atoms with Crippen LogP contribution >= 0.6 is 0 Å². The quantitative estimate of drug-likeness (QED) is 0.291. The molecular weight excluding hydrogens is 100 g/mol. The number of rotatable bonds is 2. The molecule has 0 radical (unpaired) electrons. The molecular formula is CH2N4S. The lowest BCUT2D eigenvalue weighted by molar-refractivity contribution is 1.07. The fourth-order valence-electron chi connectivity index (χ4n) is 0.0541. The second-order valence-corrected chi connectivity index (χ2v) is 0.760. The molecule has 0 atom stereocenters. The highest BCUT2D eigenvalue weighted by atomic mass is 32.1. The van der Waals surface area contributed by atoms with Gasteiger partial charge in [0.05, 0.1) is 0 Å². The van der Waals surface area contributed by atoms with Crippen molar-refractivity contribution in [3.8, 4) is 0 Å². The smallest absolute Gasteiger partial charge is 0.131 e. The Balaban J connectivity index is 3.07. The summed E-state index contributed by atoms with van der Waals surface area (Å²) in [6.45, 7) is 0.0613. The molecule has 0 N–H and O–H groups in total. The van der Waals surface area contributed by atoms with Gasteiger partial charge in [-0.05, 0) is 5.53 Å². The zero-order valence-corrected chi connectivity index (χ0v) is 3.72. The van der Waals surface area contributed by atoms with Crippen molar-refractivity contribution in [2.45, 2.75) is 0 Å². The maximum atomic E-state index is 7.55. The van der Waals surface area contributed by atoms with E-state index in [9.17, 15) is 0 Å². The molecule has 32 valence electrons. The zero-order chi connectivity index (χ0) is 4.83. The second-order valence-electron chi connectivity index (χ2n) is 0.501. The Hall–Kier alpha value is -0.670. The van der Waals surface area contributed by atoms with E-state index in [2.05, 4.69) is 26.8 Å². The van der Waals surface area contributed by atoms with E-state index in [0.29, 0.717) is 0 Å². The van der Waals surface area contributed by atoms with Crippen molar-refractivity contribution in [1.29, 1.82) is 0 Å². The summed E-state index contributed by atoms with van der Waals surface area (Å²) in [4.78, 5) is 2.39. The Kier molecular flexibility index (Phi) is 3.85. The van der Waals surface area contributed by atoms with E-state index in [0.717, 1.165) is 0 Å². The molecule has 0 bridgehead atoms. The molecule has 4 nitrogen and oxygen atoms in total. The number of nitrogens with zero attached hydrogens (tertiary/aromatic N) is 4. The zero-order valence-electron chi connectivity index (χ0n) is 2.90. The Labute approximate surface area is 40.0 Å². The van der Waals surface area contributed by atoms with Crippen LogP contribution < -0.4 is 0 Å². The number of hydrogen-bond acceptors (Lipinski definition) is 3. The normalized spacial score (nSPS) is 6.00. The van der Waals surface area contributed by atoms with Gasteiger partial charge in [-0.2, -0.15) is 0 Å². The molecule has 0 amide bonds. The average molecular weight is 102 g/mol. The van der Waals surface area contributed by atoms with Crippen molar-refractivity contribution in [1.82, 2.24) is 0 Å². The molecule has 0 unspecified atom stereocenters. The van der Waals surface area contributed by atoms with E-state index in [1.54, 1.807) is 0 Å². The third-order valence-electron chi connectivity index (χ3n) is 0.184. The average Bonchev–Trinajstić information content (AvgIpc) is 1.61. The molecule has 0 saturated carbocycles. The molecule has 0 fully saturated rings. The highest BCUT2D eigenvalue weighted by Crippen LogP contribution is 1.66. The molecule has 0 aliphatic carbocycles. The molecule has 0 aromatic heterocycles. The van der Waals surface area contributed by atoms with Crippen LogP contribution in [-0.2, 0) is 12.4 Å². The van der Waals surface area contributed by atoms with Gasteiger partial charge in [-0.15, -0.1) is 0 Å². The molecule has 5 heteroatoms. The summed E-state index contributed by atoms with van der Waals surface area (Å²) in [5.74, 6) is 0. The van der Waals surface area contributed by atoms with Gasteiger partial charge in [0.1, 0.15) is 6.67 Å². The fourth-order valence-corrected chi connectivity index (χ4v) is 0.106. The first kappa shape index (κ1) is 5.33. The molecule has 0 saturated heterocycles. The van der Waals surface area contributed by atoms with Crippen LogP contribution in [0.25, 0.3) is 10.4 Å². The van der Waals surface area contributed by atoms with Gasteiger partial charge in [-0.3, -0.25) is 0 Å². The Morgan fingerprint density at radius 2 is 2.50 bits per heavy atom. The van der Waals surface area contributed by atoms with Crippen LogP contribution in [0, 0.1) is 0 Å². The van der Waals surface area contributed by atoms with Crippen LogP contribution in [0.4, 0.5) is 0 Å². The minimum Gasteiger partial charge on any atom is -0.213 e. The van der Waals surface area contributed by atoms with Crippen molar-refractivity contribution in [3.63, 3.8) is 0 Å². The summed E-state index contributed by atoms with van der Waals surface area (Å²) in [5.41, 5.74) is 7.55. The van der Waals surface area contributed by atoms with Crippen LogP contribution in [0.15, 0.2) is 9.48 Å². The molecule has 0 aliphatic rings. The summed E-state index contributed by atoms with van der Waals surface area (Å²) in [7, 11) is 0. The number of hydrogen-bond donors (Lipinski definition) is 0. The maximum absolute atomic E-state index is 7.55. The standard InChI is InChI=1S/CH2N4S/c2-5-3-1-4-6/h1H2. The molecule has 0 heterocycles. The summed E-state index contributed by atoms with van der Waals surface area (Å²) in [6, 6.07) is 0. The van der Waals surface area contributed by atoms with E-state index in [1.165, 1.54) is 0 Å². The lowest BCUT2D eigenvalue weighted by Gasteiger charge is -1.62. The van der Waals surface area contributed by atoms with Crippen LogP contribution in [-0.4, -0.2) is 6.67 Å². The first-order valence-electron chi connectivity index (χ1n) is 1.22. The lowest BCUT2D eigenvalue weighted by Crippen LogP contribution is -1.58. The lowest BCUT2D eigenvalue weighted by atomic mass is 11.3. The summed E-state index contributed by atoms with van der Waals surface area (Å²) in [5, 5.41) is 3.00. The van der Waals surface area contributed by atoms with Gasteiger partial charge >= 0.3 is 0 Å². The largest absolute Gasteiger partial charge is 0.213 e. The predicted molar refractivity (Wildman–Crippen MR) is 23.8 cm³/mol. The van der Waals surface area contributed by atoms with Crippen LogP contribution in [0.2, 0.25) is 0 Å². The third-order valence-corrected chi connectivity index (χ3v) is 0.300. The second kappa shape index (κ2) is 4.33. The van der Waals surface area contributed by atoms with Crippen LogP contribution in [0.5, 0.6) is 0 Å². The van der Waals surface area contributed by atoms with Gasteiger partial charge in [-0.1, -0.05) is 5.11 Å². The molecule has 0 rings (SSSR count). The van der Waals surface area contributed by atoms with Gasteiger partial charge in [0.2, 0.25) is 0 Å². The van der Waals surface area contributed by atoms with E-state index >= 15 is 0 Å².